The van der Waals surface area contributed by atoms with Gasteiger partial charge in [-0.05, 0) is 18.2 Å². The fraction of sp³-hybridized carbons (Fsp3) is 0.286. The van der Waals surface area contributed by atoms with E-state index >= 15 is 0 Å². The number of anilines is 1. The predicted molar refractivity (Wildman–Crippen MR) is 72.5 cm³/mol. The lowest BCUT2D eigenvalue weighted by Gasteiger charge is -2.16. The van der Waals surface area contributed by atoms with Gasteiger partial charge in [0.05, 0.1) is 17.0 Å². The van der Waals surface area contributed by atoms with Gasteiger partial charge in [-0.15, -0.1) is 0 Å². The van der Waals surface area contributed by atoms with Crippen molar-refractivity contribution in [2.24, 2.45) is 11.7 Å². The zero-order valence-electron chi connectivity index (χ0n) is 11.3. The Morgan fingerprint density at radius 2 is 1.86 bits per heavy atom. The van der Waals surface area contributed by atoms with E-state index in [1.54, 1.807) is 6.07 Å². The lowest BCUT2D eigenvalue weighted by molar-refractivity contribution is -0.123. The molecule has 1 aromatic carbocycles. The Morgan fingerprint density at radius 3 is 2.48 bits per heavy atom. The first kappa shape index (κ1) is 13.3. The van der Waals surface area contributed by atoms with E-state index in [-0.39, 0.29) is 30.3 Å². The second-order valence-corrected chi connectivity index (χ2v) is 5.21. The summed E-state index contributed by atoms with van der Waals surface area (Å²) in [5.41, 5.74) is 6.32. The number of rotatable bonds is 2. The molecule has 7 nitrogen and oxygen atoms in total. The van der Waals surface area contributed by atoms with Gasteiger partial charge >= 0.3 is 0 Å². The minimum absolute atomic E-state index is 0.0686. The van der Waals surface area contributed by atoms with Gasteiger partial charge in [-0.25, -0.2) is 0 Å². The molecule has 2 aliphatic heterocycles. The van der Waals surface area contributed by atoms with Crippen molar-refractivity contribution in [1.29, 1.82) is 0 Å². The molecule has 0 bridgehead atoms. The number of carbonyl (C=O) groups excluding carboxylic acids is 4. The van der Waals surface area contributed by atoms with Crippen molar-refractivity contribution >= 4 is 29.3 Å². The summed E-state index contributed by atoms with van der Waals surface area (Å²) in [6.07, 6.45) is 0.0686. The van der Waals surface area contributed by atoms with Crippen LogP contribution in [0.1, 0.15) is 27.1 Å². The van der Waals surface area contributed by atoms with Crippen LogP contribution in [0, 0.1) is 5.92 Å². The van der Waals surface area contributed by atoms with Gasteiger partial charge in [0.15, 0.2) is 0 Å². The fourth-order valence-corrected chi connectivity index (χ4v) is 2.66. The van der Waals surface area contributed by atoms with E-state index in [0.717, 1.165) is 4.90 Å². The summed E-state index contributed by atoms with van der Waals surface area (Å²) >= 11 is 0. The van der Waals surface area contributed by atoms with Crippen molar-refractivity contribution < 1.29 is 19.2 Å². The Balaban J connectivity index is 1.96. The molecule has 2 heterocycles. The molecule has 2 aliphatic rings. The molecule has 3 rings (SSSR count). The fourth-order valence-electron chi connectivity index (χ4n) is 2.66. The largest absolute Gasteiger partial charge is 0.369 e. The number of carbonyl (C=O) groups is 4. The quantitative estimate of drug-likeness (QED) is 0.758. The van der Waals surface area contributed by atoms with Crippen LogP contribution in [0.15, 0.2) is 18.2 Å². The minimum atomic E-state index is -0.522. The van der Waals surface area contributed by atoms with E-state index in [1.807, 2.05) is 0 Å². The Hall–Kier alpha value is -2.70. The van der Waals surface area contributed by atoms with E-state index in [0.29, 0.717) is 11.3 Å². The first-order valence-corrected chi connectivity index (χ1v) is 6.46. The maximum Gasteiger partial charge on any atom is 0.261 e. The summed E-state index contributed by atoms with van der Waals surface area (Å²) in [4.78, 5) is 49.4. The predicted octanol–water partition coefficient (Wildman–Crippen LogP) is -0.249. The zero-order chi connectivity index (χ0) is 15.3. The molecule has 0 unspecified atom stereocenters. The third-order valence-corrected chi connectivity index (χ3v) is 3.91. The highest BCUT2D eigenvalue weighted by Crippen LogP contribution is 2.30. The van der Waals surface area contributed by atoms with Crippen LogP contribution in [0.5, 0.6) is 0 Å². The molecule has 1 fully saturated rings. The SMILES string of the molecule is CN1C(=O)c2ccc(N3C[C@H](C(N)=O)CC3=O)cc2C1=O. The molecule has 108 valence electrons. The number of hydrogen-bond donors (Lipinski definition) is 1. The van der Waals surface area contributed by atoms with Crippen molar-refractivity contribution in [2.45, 2.75) is 6.42 Å². The standard InChI is InChI=1S/C14H13N3O4/c1-16-13(20)9-3-2-8(5-10(9)14(16)21)17-6-7(12(15)19)4-11(17)18/h2-3,5,7H,4,6H2,1H3,(H2,15,19)/t7-/m1/s1. The van der Waals surface area contributed by atoms with E-state index in [1.165, 1.54) is 24.1 Å². The number of hydrogen-bond acceptors (Lipinski definition) is 4. The first-order chi connectivity index (χ1) is 9.90. The second kappa shape index (κ2) is 4.41. The average Bonchev–Trinajstić information content (AvgIpc) is 2.94. The van der Waals surface area contributed by atoms with Crippen molar-refractivity contribution in [2.75, 3.05) is 18.5 Å². The number of nitrogens with zero attached hydrogens (tertiary/aromatic N) is 2. The van der Waals surface area contributed by atoms with E-state index in [2.05, 4.69) is 0 Å². The molecular formula is C14H13N3O4. The highest BCUT2D eigenvalue weighted by molar-refractivity contribution is 6.21. The lowest BCUT2D eigenvalue weighted by atomic mass is 10.1. The van der Waals surface area contributed by atoms with Gasteiger partial charge in [-0.3, -0.25) is 24.1 Å². The maximum absolute atomic E-state index is 12.0. The molecule has 2 N–H and O–H groups in total. The topological polar surface area (TPSA) is 101 Å². The van der Waals surface area contributed by atoms with E-state index in [9.17, 15) is 19.2 Å². The molecule has 1 atom stereocenters. The average molecular weight is 287 g/mol. The maximum atomic E-state index is 12.0. The van der Waals surface area contributed by atoms with Gasteiger partial charge in [0.1, 0.15) is 0 Å². The normalized spacial score (nSPS) is 21.2. The van der Waals surface area contributed by atoms with Crippen LogP contribution < -0.4 is 10.6 Å². The molecule has 0 aromatic heterocycles. The summed E-state index contributed by atoms with van der Waals surface area (Å²) in [5, 5.41) is 0. The number of fused-ring (bicyclic) bond motifs is 1. The highest BCUT2D eigenvalue weighted by atomic mass is 16.2. The van der Waals surface area contributed by atoms with Crippen molar-refractivity contribution in [3.05, 3.63) is 29.3 Å². The highest BCUT2D eigenvalue weighted by Gasteiger charge is 2.37. The molecule has 1 saturated heterocycles. The molecule has 0 saturated carbocycles. The number of benzene rings is 1. The summed E-state index contributed by atoms with van der Waals surface area (Å²) < 4.78 is 0. The molecule has 0 spiro atoms. The lowest BCUT2D eigenvalue weighted by Crippen LogP contribution is -2.28. The second-order valence-electron chi connectivity index (χ2n) is 5.21. The number of amides is 4. The van der Waals surface area contributed by atoms with Crippen LogP contribution in [0.4, 0.5) is 5.69 Å². The van der Waals surface area contributed by atoms with Crippen LogP contribution in [0.3, 0.4) is 0 Å². The third-order valence-electron chi connectivity index (χ3n) is 3.91. The molecular weight excluding hydrogens is 274 g/mol. The van der Waals surface area contributed by atoms with Crippen molar-refractivity contribution in [3.8, 4) is 0 Å². The molecule has 4 amide bonds. The molecule has 0 radical (unpaired) electrons. The first-order valence-electron chi connectivity index (χ1n) is 6.46. The van der Waals surface area contributed by atoms with Gasteiger partial charge in [0.25, 0.3) is 11.8 Å². The Bertz CT molecular complexity index is 697. The van der Waals surface area contributed by atoms with Gasteiger partial charge in [0, 0.05) is 25.7 Å². The smallest absolute Gasteiger partial charge is 0.261 e. The van der Waals surface area contributed by atoms with Crippen LogP contribution >= 0.6 is 0 Å². The van der Waals surface area contributed by atoms with Crippen LogP contribution in [0.2, 0.25) is 0 Å². The van der Waals surface area contributed by atoms with Gasteiger partial charge in [-0.2, -0.15) is 0 Å². The van der Waals surface area contributed by atoms with Gasteiger partial charge in [0.2, 0.25) is 11.8 Å². The molecule has 7 heteroatoms. The summed E-state index contributed by atoms with van der Waals surface area (Å²) in [5.74, 6) is -2.01. The van der Waals surface area contributed by atoms with E-state index in [4.69, 9.17) is 5.73 Å². The zero-order valence-corrected chi connectivity index (χ0v) is 11.3. The Kier molecular flexibility index (Phi) is 2.79. The van der Waals surface area contributed by atoms with Crippen LogP contribution in [-0.2, 0) is 9.59 Å². The monoisotopic (exact) mass is 287 g/mol. The number of imide groups is 1. The van der Waals surface area contributed by atoms with Crippen molar-refractivity contribution in [3.63, 3.8) is 0 Å². The summed E-state index contributed by atoms with van der Waals surface area (Å²) in [6, 6.07) is 4.64. The summed E-state index contributed by atoms with van der Waals surface area (Å²) in [7, 11) is 1.41. The van der Waals surface area contributed by atoms with Crippen molar-refractivity contribution in [1.82, 2.24) is 4.90 Å². The minimum Gasteiger partial charge on any atom is -0.369 e. The number of nitrogens with two attached hydrogens (primary N) is 1. The van der Waals surface area contributed by atoms with E-state index < -0.39 is 17.7 Å². The van der Waals surface area contributed by atoms with Gasteiger partial charge in [-0.1, -0.05) is 0 Å². The van der Waals surface area contributed by atoms with Gasteiger partial charge < -0.3 is 10.6 Å². The Labute approximate surface area is 120 Å². The summed E-state index contributed by atoms with van der Waals surface area (Å²) in [6.45, 7) is 0.199. The molecule has 0 aliphatic carbocycles. The Morgan fingerprint density at radius 1 is 1.19 bits per heavy atom. The molecule has 21 heavy (non-hydrogen) atoms. The molecule has 1 aromatic rings. The van der Waals surface area contributed by atoms with Crippen LogP contribution in [0.25, 0.3) is 0 Å². The van der Waals surface area contributed by atoms with Crippen LogP contribution in [-0.4, -0.2) is 42.1 Å². The number of primary amides is 1. The third kappa shape index (κ3) is 1.89.